The summed E-state index contributed by atoms with van der Waals surface area (Å²) in [7, 11) is 1.56. The summed E-state index contributed by atoms with van der Waals surface area (Å²) in [4.78, 5) is 10.9. The molecule has 4 nitrogen and oxygen atoms in total. The Hall–Kier alpha value is -1.55. The lowest BCUT2D eigenvalue weighted by atomic mass is 10.1. The van der Waals surface area contributed by atoms with E-state index in [0.717, 1.165) is 5.56 Å². The van der Waals surface area contributed by atoms with Gasteiger partial charge in [0.15, 0.2) is 6.61 Å². The highest BCUT2D eigenvalue weighted by Gasteiger charge is 2.05. The molecular weight excluding hydrogens is 206 g/mol. The molecule has 0 radical (unpaired) electrons. The smallest absolute Gasteiger partial charge is 0.257 e. The second-order valence-corrected chi connectivity index (χ2v) is 3.45. The Labute approximate surface area is 95.2 Å². The Morgan fingerprint density at radius 1 is 1.44 bits per heavy atom. The minimum Gasteiger partial charge on any atom is -0.484 e. The molecule has 0 spiro atoms. The molecule has 0 heterocycles. The number of carbonyl (C=O) groups is 1. The van der Waals surface area contributed by atoms with E-state index in [-0.39, 0.29) is 12.5 Å². The topological polar surface area (TPSA) is 58.6 Å². The molecule has 0 aliphatic heterocycles. The van der Waals surface area contributed by atoms with E-state index >= 15 is 0 Å². The zero-order valence-corrected chi connectivity index (χ0v) is 9.56. The maximum Gasteiger partial charge on any atom is 0.257 e. The van der Waals surface area contributed by atoms with Gasteiger partial charge in [0.25, 0.3) is 5.91 Å². The van der Waals surface area contributed by atoms with Gasteiger partial charge < -0.3 is 15.2 Å². The van der Waals surface area contributed by atoms with Crippen molar-refractivity contribution in [2.45, 2.75) is 19.4 Å². The Morgan fingerprint density at radius 3 is 2.56 bits per heavy atom. The molecule has 0 aliphatic carbocycles. The van der Waals surface area contributed by atoms with Crippen molar-refractivity contribution in [3.05, 3.63) is 29.8 Å². The predicted molar refractivity (Wildman–Crippen MR) is 61.3 cm³/mol. The number of nitrogens with one attached hydrogen (secondary N) is 1. The standard InChI is InChI=1S/C12H17NO3/c1-3-11(14)9-4-6-10(7-5-9)16-8-12(15)13-2/h4-7,11,14H,3,8H2,1-2H3,(H,13,15). The Balaban J connectivity index is 2.54. The van der Waals surface area contributed by atoms with E-state index in [1.54, 1.807) is 31.3 Å². The van der Waals surface area contributed by atoms with Gasteiger partial charge in [0.2, 0.25) is 0 Å². The van der Waals surface area contributed by atoms with Gasteiger partial charge in [-0.1, -0.05) is 19.1 Å². The first-order chi connectivity index (χ1) is 7.67. The van der Waals surface area contributed by atoms with Gasteiger partial charge >= 0.3 is 0 Å². The van der Waals surface area contributed by atoms with Crippen LogP contribution < -0.4 is 10.1 Å². The van der Waals surface area contributed by atoms with E-state index in [1.807, 2.05) is 6.92 Å². The molecule has 1 unspecified atom stereocenters. The van der Waals surface area contributed by atoms with E-state index in [1.165, 1.54) is 0 Å². The predicted octanol–water partition coefficient (Wildman–Crippen LogP) is 1.25. The lowest BCUT2D eigenvalue weighted by Gasteiger charge is -2.09. The molecule has 0 aliphatic rings. The van der Waals surface area contributed by atoms with Crippen molar-refractivity contribution in [3.8, 4) is 5.75 Å². The summed E-state index contributed by atoms with van der Waals surface area (Å²) in [5.74, 6) is 0.452. The highest BCUT2D eigenvalue weighted by molar-refractivity contribution is 5.77. The average molecular weight is 223 g/mol. The maximum atomic E-state index is 10.9. The monoisotopic (exact) mass is 223 g/mol. The SMILES string of the molecule is CCC(O)c1ccc(OCC(=O)NC)cc1. The molecule has 2 N–H and O–H groups in total. The van der Waals surface area contributed by atoms with E-state index < -0.39 is 6.10 Å². The van der Waals surface area contributed by atoms with Crippen LogP contribution in [0.15, 0.2) is 24.3 Å². The molecule has 0 saturated carbocycles. The number of hydrogen-bond donors (Lipinski definition) is 2. The Morgan fingerprint density at radius 2 is 2.06 bits per heavy atom. The van der Waals surface area contributed by atoms with Crippen LogP contribution in [0.3, 0.4) is 0 Å². The lowest BCUT2D eigenvalue weighted by Crippen LogP contribution is -2.24. The fourth-order valence-corrected chi connectivity index (χ4v) is 1.24. The molecule has 1 aromatic rings. The van der Waals surface area contributed by atoms with Crippen molar-refractivity contribution < 1.29 is 14.6 Å². The van der Waals surface area contributed by atoms with Gasteiger partial charge in [0, 0.05) is 7.05 Å². The molecule has 16 heavy (non-hydrogen) atoms. The first-order valence-corrected chi connectivity index (χ1v) is 5.28. The van der Waals surface area contributed by atoms with Crippen LogP contribution in [0.1, 0.15) is 25.0 Å². The quantitative estimate of drug-likeness (QED) is 0.790. The summed E-state index contributed by atoms with van der Waals surface area (Å²) in [6, 6.07) is 7.09. The van der Waals surface area contributed by atoms with Crippen LogP contribution in [0.5, 0.6) is 5.75 Å². The fraction of sp³-hybridized carbons (Fsp3) is 0.417. The molecule has 0 aromatic heterocycles. The van der Waals surface area contributed by atoms with E-state index in [4.69, 9.17) is 4.74 Å². The van der Waals surface area contributed by atoms with Gasteiger partial charge in [-0.25, -0.2) is 0 Å². The third kappa shape index (κ3) is 3.55. The van der Waals surface area contributed by atoms with Crippen molar-refractivity contribution in [2.75, 3.05) is 13.7 Å². The zero-order valence-electron chi connectivity index (χ0n) is 9.56. The first-order valence-electron chi connectivity index (χ1n) is 5.28. The third-order valence-electron chi connectivity index (χ3n) is 2.30. The van der Waals surface area contributed by atoms with Crippen molar-refractivity contribution in [2.24, 2.45) is 0 Å². The summed E-state index contributed by atoms with van der Waals surface area (Å²) in [5.41, 5.74) is 0.856. The van der Waals surface area contributed by atoms with Crippen molar-refractivity contribution in [3.63, 3.8) is 0 Å². The van der Waals surface area contributed by atoms with Gasteiger partial charge in [0.05, 0.1) is 6.10 Å². The number of likely N-dealkylation sites (N-methyl/N-ethyl adjacent to an activating group) is 1. The molecule has 1 rings (SSSR count). The van der Waals surface area contributed by atoms with Gasteiger partial charge in [0.1, 0.15) is 5.75 Å². The van der Waals surface area contributed by atoms with Crippen LogP contribution in [0, 0.1) is 0 Å². The van der Waals surface area contributed by atoms with Crippen LogP contribution in [0.4, 0.5) is 0 Å². The highest BCUT2D eigenvalue weighted by atomic mass is 16.5. The largest absolute Gasteiger partial charge is 0.484 e. The van der Waals surface area contributed by atoms with Crippen LogP contribution in [0.2, 0.25) is 0 Å². The number of hydrogen-bond acceptors (Lipinski definition) is 3. The Kier molecular flexibility index (Phi) is 4.79. The van der Waals surface area contributed by atoms with Crippen LogP contribution >= 0.6 is 0 Å². The van der Waals surface area contributed by atoms with E-state index in [9.17, 15) is 9.90 Å². The van der Waals surface area contributed by atoms with Crippen molar-refractivity contribution >= 4 is 5.91 Å². The first kappa shape index (κ1) is 12.5. The molecule has 88 valence electrons. The molecular formula is C12H17NO3. The van der Waals surface area contributed by atoms with Crippen molar-refractivity contribution in [1.82, 2.24) is 5.32 Å². The number of aliphatic hydroxyl groups excluding tert-OH is 1. The van der Waals surface area contributed by atoms with Crippen molar-refractivity contribution in [1.29, 1.82) is 0 Å². The van der Waals surface area contributed by atoms with Gasteiger partial charge in [-0.05, 0) is 24.1 Å². The molecule has 0 bridgehead atoms. The van der Waals surface area contributed by atoms with Crippen LogP contribution in [-0.2, 0) is 4.79 Å². The van der Waals surface area contributed by atoms with Crippen LogP contribution in [-0.4, -0.2) is 24.7 Å². The molecule has 1 aromatic carbocycles. The number of carbonyl (C=O) groups excluding carboxylic acids is 1. The average Bonchev–Trinajstić information content (AvgIpc) is 2.35. The van der Waals surface area contributed by atoms with E-state index in [0.29, 0.717) is 12.2 Å². The molecule has 1 amide bonds. The second kappa shape index (κ2) is 6.12. The minimum absolute atomic E-state index is 0.00613. The number of rotatable bonds is 5. The summed E-state index contributed by atoms with van der Waals surface area (Å²) in [6.45, 7) is 1.92. The number of amides is 1. The minimum atomic E-state index is -0.437. The number of benzene rings is 1. The maximum absolute atomic E-state index is 10.9. The van der Waals surface area contributed by atoms with E-state index in [2.05, 4.69) is 5.32 Å². The zero-order chi connectivity index (χ0) is 12.0. The molecule has 1 atom stereocenters. The summed E-state index contributed by atoms with van der Waals surface area (Å²) in [6.07, 6.45) is 0.242. The second-order valence-electron chi connectivity index (χ2n) is 3.45. The lowest BCUT2D eigenvalue weighted by molar-refractivity contribution is -0.122. The molecule has 0 fully saturated rings. The summed E-state index contributed by atoms with van der Waals surface area (Å²) >= 11 is 0. The number of ether oxygens (including phenoxy) is 1. The van der Waals surface area contributed by atoms with Crippen LogP contribution in [0.25, 0.3) is 0 Å². The van der Waals surface area contributed by atoms with Gasteiger partial charge in [-0.3, -0.25) is 4.79 Å². The summed E-state index contributed by atoms with van der Waals surface area (Å²) < 4.78 is 5.23. The molecule has 0 saturated heterocycles. The molecule has 4 heteroatoms. The van der Waals surface area contributed by atoms with Gasteiger partial charge in [-0.2, -0.15) is 0 Å². The van der Waals surface area contributed by atoms with Gasteiger partial charge in [-0.15, -0.1) is 0 Å². The summed E-state index contributed by atoms with van der Waals surface area (Å²) in [5, 5.41) is 12.0. The third-order valence-corrected chi connectivity index (χ3v) is 2.30. The number of aliphatic hydroxyl groups is 1. The fourth-order valence-electron chi connectivity index (χ4n) is 1.24. The Bertz CT molecular complexity index is 335. The highest BCUT2D eigenvalue weighted by Crippen LogP contribution is 2.19. The normalized spacial score (nSPS) is 11.9.